The molecule has 4 aromatic rings. The number of aromatic carboxylic acids is 1. The molecule has 3 N–H and O–H groups in total. The van der Waals surface area contributed by atoms with Crippen LogP contribution in [0.25, 0.3) is 22.0 Å². The van der Waals surface area contributed by atoms with Crippen molar-refractivity contribution in [1.29, 1.82) is 0 Å². The third kappa shape index (κ3) is 2.91. The lowest BCUT2D eigenvalue weighted by atomic mass is 10.0. The van der Waals surface area contributed by atoms with Crippen molar-refractivity contribution in [3.63, 3.8) is 0 Å². The van der Waals surface area contributed by atoms with Crippen molar-refractivity contribution in [1.82, 2.24) is 4.57 Å². The monoisotopic (exact) mass is 374 g/mol. The van der Waals surface area contributed by atoms with E-state index in [2.05, 4.69) is 0 Å². The number of carbonyl (C=O) groups is 1. The lowest BCUT2D eigenvalue weighted by molar-refractivity contribution is 0.0687. The van der Waals surface area contributed by atoms with Gasteiger partial charge in [0.15, 0.2) is 0 Å². The van der Waals surface area contributed by atoms with Crippen LogP contribution in [0.2, 0.25) is 0 Å². The number of aryl methyl sites for hydroxylation is 1. The van der Waals surface area contributed by atoms with E-state index in [-0.39, 0.29) is 11.3 Å². The highest BCUT2D eigenvalue weighted by Gasteiger charge is 2.25. The molecule has 0 aliphatic carbocycles. The van der Waals surface area contributed by atoms with Gasteiger partial charge in [-0.05, 0) is 36.2 Å². The fraction of sp³-hybridized carbons (Fsp3) is 0.0870. The number of hydrogen-bond donors (Lipinski definition) is 2. The zero-order valence-electron chi connectivity index (χ0n) is 15.3. The Balaban J connectivity index is 2.01. The molecule has 0 saturated heterocycles. The SMILES string of the molecule is Cc1ccc(Cn2c(C(=O)O)c(-c3ccccc3F)c3ccccc32)cc1N. The molecule has 0 amide bonds. The largest absolute Gasteiger partial charge is 0.477 e. The second-order valence-electron chi connectivity index (χ2n) is 6.80. The van der Waals surface area contributed by atoms with Crippen LogP contribution in [0.4, 0.5) is 10.1 Å². The summed E-state index contributed by atoms with van der Waals surface area (Å²) in [5, 5.41) is 10.7. The quantitative estimate of drug-likeness (QED) is 0.489. The van der Waals surface area contributed by atoms with Gasteiger partial charge in [-0.2, -0.15) is 0 Å². The zero-order chi connectivity index (χ0) is 19.8. The van der Waals surface area contributed by atoms with Gasteiger partial charge in [0, 0.05) is 34.3 Å². The summed E-state index contributed by atoms with van der Waals surface area (Å²) in [7, 11) is 0. The fourth-order valence-corrected chi connectivity index (χ4v) is 3.60. The molecule has 0 unspecified atom stereocenters. The van der Waals surface area contributed by atoms with E-state index in [4.69, 9.17) is 5.73 Å². The maximum absolute atomic E-state index is 14.6. The van der Waals surface area contributed by atoms with Gasteiger partial charge >= 0.3 is 5.97 Å². The number of fused-ring (bicyclic) bond motifs is 1. The molecule has 0 fully saturated rings. The highest BCUT2D eigenvalue weighted by Crippen LogP contribution is 2.37. The summed E-state index contributed by atoms with van der Waals surface area (Å²) >= 11 is 0. The molecule has 1 aromatic heterocycles. The molecule has 1 heterocycles. The lowest BCUT2D eigenvalue weighted by Crippen LogP contribution is -2.11. The molecule has 0 aliphatic heterocycles. The molecule has 0 radical (unpaired) electrons. The van der Waals surface area contributed by atoms with Gasteiger partial charge in [-0.25, -0.2) is 9.18 Å². The van der Waals surface area contributed by atoms with E-state index in [1.54, 1.807) is 22.8 Å². The van der Waals surface area contributed by atoms with Crippen molar-refractivity contribution in [2.24, 2.45) is 0 Å². The Kier molecular flexibility index (Phi) is 4.35. The van der Waals surface area contributed by atoms with Crippen LogP contribution in [0, 0.1) is 12.7 Å². The van der Waals surface area contributed by atoms with E-state index in [1.807, 2.05) is 49.4 Å². The maximum atomic E-state index is 14.6. The van der Waals surface area contributed by atoms with Gasteiger partial charge in [0.25, 0.3) is 0 Å². The minimum Gasteiger partial charge on any atom is -0.477 e. The van der Waals surface area contributed by atoms with E-state index in [0.29, 0.717) is 23.2 Å². The normalized spacial score (nSPS) is 11.1. The van der Waals surface area contributed by atoms with E-state index >= 15 is 0 Å². The van der Waals surface area contributed by atoms with Gasteiger partial charge in [-0.1, -0.05) is 48.5 Å². The first-order chi connectivity index (χ1) is 13.5. The first-order valence-corrected chi connectivity index (χ1v) is 8.92. The van der Waals surface area contributed by atoms with Crippen molar-refractivity contribution in [2.45, 2.75) is 13.5 Å². The van der Waals surface area contributed by atoms with E-state index < -0.39 is 11.8 Å². The van der Waals surface area contributed by atoms with E-state index in [0.717, 1.165) is 16.6 Å². The lowest BCUT2D eigenvalue weighted by Gasteiger charge is -2.11. The van der Waals surface area contributed by atoms with E-state index in [1.165, 1.54) is 6.07 Å². The van der Waals surface area contributed by atoms with Crippen molar-refractivity contribution in [3.05, 3.63) is 89.4 Å². The fourth-order valence-electron chi connectivity index (χ4n) is 3.60. The Morgan fingerprint density at radius 2 is 1.79 bits per heavy atom. The molecular weight excluding hydrogens is 355 g/mol. The molecule has 4 nitrogen and oxygen atoms in total. The first-order valence-electron chi connectivity index (χ1n) is 8.92. The Morgan fingerprint density at radius 1 is 1.07 bits per heavy atom. The third-order valence-corrected chi connectivity index (χ3v) is 5.00. The molecular formula is C23H19FN2O2. The van der Waals surface area contributed by atoms with Gasteiger partial charge in [-0.15, -0.1) is 0 Å². The summed E-state index contributed by atoms with van der Waals surface area (Å²) in [6.45, 7) is 2.24. The second-order valence-corrected chi connectivity index (χ2v) is 6.80. The van der Waals surface area contributed by atoms with Gasteiger partial charge < -0.3 is 15.4 Å². The maximum Gasteiger partial charge on any atom is 0.353 e. The summed E-state index contributed by atoms with van der Waals surface area (Å²) in [6.07, 6.45) is 0. The van der Waals surface area contributed by atoms with Crippen molar-refractivity contribution in [3.8, 4) is 11.1 Å². The van der Waals surface area contributed by atoms with Gasteiger partial charge in [0.1, 0.15) is 11.5 Å². The number of nitrogens with zero attached hydrogens (tertiary/aromatic N) is 1. The Morgan fingerprint density at radius 3 is 2.50 bits per heavy atom. The minimum atomic E-state index is -1.10. The molecule has 0 saturated carbocycles. The highest BCUT2D eigenvalue weighted by atomic mass is 19.1. The highest BCUT2D eigenvalue weighted by molar-refractivity contribution is 6.08. The number of aromatic nitrogens is 1. The van der Waals surface area contributed by atoms with Crippen LogP contribution in [-0.4, -0.2) is 15.6 Å². The number of anilines is 1. The van der Waals surface area contributed by atoms with Crippen LogP contribution in [0.15, 0.2) is 66.7 Å². The van der Waals surface area contributed by atoms with E-state index in [9.17, 15) is 14.3 Å². The molecule has 0 aliphatic rings. The smallest absolute Gasteiger partial charge is 0.353 e. The molecule has 0 spiro atoms. The first kappa shape index (κ1) is 17.8. The van der Waals surface area contributed by atoms with Crippen LogP contribution in [0.1, 0.15) is 21.6 Å². The number of para-hydroxylation sites is 1. The number of halogens is 1. The van der Waals surface area contributed by atoms with Crippen molar-refractivity contribution < 1.29 is 14.3 Å². The molecule has 3 aromatic carbocycles. The molecule has 140 valence electrons. The average Bonchev–Trinajstić information content (AvgIpc) is 3.00. The summed E-state index contributed by atoms with van der Waals surface area (Å²) in [6, 6.07) is 19.3. The molecule has 0 bridgehead atoms. The number of hydrogen-bond acceptors (Lipinski definition) is 2. The van der Waals surface area contributed by atoms with Gasteiger partial charge in [0.2, 0.25) is 0 Å². The Hall–Kier alpha value is -3.60. The molecule has 0 atom stereocenters. The van der Waals surface area contributed by atoms with Gasteiger partial charge in [-0.3, -0.25) is 0 Å². The summed E-state index contributed by atoms with van der Waals surface area (Å²) in [5.41, 5.74) is 9.98. The van der Waals surface area contributed by atoms with Crippen molar-refractivity contribution >= 4 is 22.6 Å². The summed E-state index contributed by atoms with van der Waals surface area (Å²) < 4.78 is 16.3. The summed E-state index contributed by atoms with van der Waals surface area (Å²) in [4.78, 5) is 12.2. The van der Waals surface area contributed by atoms with Crippen molar-refractivity contribution in [2.75, 3.05) is 5.73 Å². The summed E-state index contributed by atoms with van der Waals surface area (Å²) in [5.74, 6) is -1.55. The number of carboxylic acid groups (broad SMARTS) is 1. The molecule has 5 heteroatoms. The predicted octanol–water partition coefficient (Wildman–Crippen LogP) is 5.08. The Bertz CT molecular complexity index is 1210. The second kappa shape index (κ2) is 6.85. The van der Waals surface area contributed by atoms with Crippen LogP contribution >= 0.6 is 0 Å². The third-order valence-electron chi connectivity index (χ3n) is 5.00. The predicted molar refractivity (Wildman–Crippen MR) is 109 cm³/mol. The molecule has 28 heavy (non-hydrogen) atoms. The number of nitrogens with two attached hydrogens (primary N) is 1. The topological polar surface area (TPSA) is 68.2 Å². The molecule has 4 rings (SSSR count). The average molecular weight is 374 g/mol. The minimum absolute atomic E-state index is 0.0606. The number of benzene rings is 3. The van der Waals surface area contributed by atoms with Gasteiger partial charge in [0.05, 0.1) is 0 Å². The van der Waals surface area contributed by atoms with Crippen LogP contribution in [0.3, 0.4) is 0 Å². The number of carboxylic acids is 1. The number of rotatable bonds is 4. The van der Waals surface area contributed by atoms with Crippen LogP contribution in [-0.2, 0) is 6.54 Å². The van der Waals surface area contributed by atoms with Crippen LogP contribution < -0.4 is 5.73 Å². The standard InChI is InChI=1S/C23H19FN2O2/c1-14-10-11-15(12-19(14)25)13-26-20-9-5-3-7-17(20)21(22(26)23(27)28)16-6-2-4-8-18(16)24/h2-12H,13,25H2,1H3,(H,27,28). The Labute approximate surface area is 161 Å². The number of nitrogen functional groups attached to an aromatic ring is 1. The zero-order valence-corrected chi connectivity index (χ0v) is 15.3. The van der Waals surface area contributed by atoms with Crippen LogP contribution in [0.5, 0.6) is 0 Å².